The van der Waals surface area contributed by atoms with Crippen LogP contribution in [0.2, 0.25) is 0 Å². The number of aryl methyl sites for hydroxylation is 1. The Bertz CT molecular complexity index is 616. The molecule has 3 nitrogen and oxygen atoms in total. The minimum atomic E-state index is -0.346. The molecule has 108 valence electrons. The van der Waals surface area contributed by atoms with Crippen molar-refractivity contribution in [1.29, 1.82) is 0 Å². The van der Waals surface area contributed by atoms with E-state index in [0.29, 0.717) is 11.3 Å². The van der Waals surface area contributed by atoms with E-state index in [-0.39, 0.29) is 5.63 Å². The van der Waals surface area contributed by atoms with Crippen molar-refractivity contribution in [1.82, 2.24) is 0 Å². The molecule has 3 heteroatoms. The first-order valence-corrected chi connectivity index (χ1v) is 7.53. The van der Waals surface area contributed by atoms with E-state index in [2.05, 4.69) is 6.92 Å². The van der Waals surface area contributed by atoms with Gasteiger partial charge >= 0.3 is 5.63 Å². The maximum absolute atomic E-state index is 11.3. The van der Waals surface area contributed by atoms with Crippen molar-refractivity contribution in [3.63, 3.8) is 0 Å². The number of hydrogen-bond acceptors (Lipinski definition) is 3. The first-order chi connectivity index (χ1) is 9.72. The Labute approximate surface area is 119 Å². The van der Waals surface area contributed by atoms with Crippen LogP contribution in [0.5, 0.6) is 0 Å². The Morgan fingerprint density at radius 1 is 1.00 bits per heavy atom. The molecule has 1 aromatic carbocycles. The number of benzene rings is 1. The van der Waals surface area contributed by atoms with E-state index in [9.17, 15) is 4.79 Å². The number of nitrogens with two attached hydrogens (primary N) is 1. The van der Waals surface area contributed by atoms with Crippen LogP contribution in [0.1, 0.15) is 51.0 Å². The predicted octanol–water partition coefficient (Wildman–Crippen LogP) is 4.28. The van der Waals surface area contributed by atoms with E-state index < -0.39 is 0 Å². The first-order valence-electron chi connectivity index (χ1n) is 7.53. The van der Waals surface area contributed by atoms with Crippen molar-refractivity contribution in [3.05, 3.63) is 40.2 Å². The molecular weight excluding hydrogens is 250 g/mol. The van der Waals surface area contributed by atoms with Crippen molar-refractivity contribution in [2.75, 3.05) is 5.73 Å². The van der Waals surface area contributed by atoms with Gasteiger partial charge in [0.1, 0.15) is 0 Å². The summed E-state index contributed by atoms with van der Waals surface area (Å²) in [6.07, 6.45) is 8.52. The smallest absolute Gasteiger partial charge is 0.336 e. The summed E-state index contributed by atoms with van der Waals surface area (Å²) in [6.45, 7) is 2.23. The van der Waals surface area contributed by atoms with E-state index in [1.165, 1.54) is 38.2 Å². The molecule has 20 heavy (non-hydrogen) atoms. The molecule has 0 saturated heterocycles. The summed E-state index contributed by atoms with van der Waals surface area (Å²) in [7, 11) is 0. The molecule has 1 aromatic heterocycles. The minimum Gasteiger partial charge on any atom is -0.420 e. The Hall–Kier alpha value is -1.77. The molecule has 2 rings (SSSR count). The number of hydrogen-bond donors (Lipinski definition) is 1. The van der Waals surface area contributed by atoms with Crippen molar-refractivity contribution < 1.29 is 4.42 Å². The Morgan fingerprint density at radius 2 is 1.70 bits per heavy atom. The first kappa shape index (κ1) is 14.6. The van der Waals surface area contributed by atoms with Gasteiger partial charge in [-0.15, -0.1) is 0 Å². The highest BCUT2D eigenvalue weighted by atomic mass is 16.4. The van der Waals surface area contributed by atoms with Gasteiger partial charge in [-0.25, -0.2) is 4.79 Å². The third-order valence-electron chi connectivity index (χ3n) is 3.72. The molecule has 1 heterocycles. The van der Waals surface area contributed by atoms with Crippen LogP contribution in [-0.2, 0) is 6.42 Å². The average Bonchev–Trinajstić information content (AvgIpc) is 2.45. The van der Waals surface area contributed by atoms with E-state index in [1.807, 2.05) is 12.1 Å². The molecular formula is C17H23NO2. The lowest BCUT2D eigenvalue weighted by Crippen LogP contribution is -2.00. The summed E-state index contributed by atoms with van der Waals surface area (Å²) in [5, 5.41) is 0.883. The number of rotatable bonds is 7. The van der Waals surface area contributed by atoms with Crippen LogP contribution < -0.4 is 11.4 Å². The monoisotopic (exact) mass is 273 g/mol. The summed E-state index contributed by atoms with van der Waals surface area (Å²) < 4.78 is 5.21. The second kappa shape index (κ2) is 7.13. The van der Waals surface area contributed by atoms with Gasteiger partial charge in [0.05, 0.1) is 5.69 Å². The summed E-state index contributed by atoms with van der Waals surface area (Å²) >= 11 is 0. The van der Waals surface area contributed by atoms with Crippen LogP contribution in [0.3, 0.4) is 0 Å². The highest BCUT2D eigenvalue weighted by molar-refractivity contribution is 5.89. The normalized spacial score (nSPS) is 11.1. The molecule has 0 fully saturated rings. The molecule has 0 spiro atoms. The standard InChI is InChI=1S/C17H23NO2/c1-2-3-4-5-6-7-8-13-9-10-14-11-12-15(19)20-17(14)16(13)18/h9-12H,2-8,18H2,1H3. The van der Waals surface area contributed by atoms with Gasteiger partial charge in [0.25, 0.3) is 0 Å². The summed E-state index contributed by atoms with van der Waals surface area (Å²) in [6, 6.07) is 7.20. The topological polar surface area (TPSA) is 56.2 Å². The van der Waals surface area contributed by atoms with Crippen LogP contribution in [0.25, 0.3) is 11.0 Å². The van der Waals surface area contributed by atoms with Crippen LogP contribution in [0, 0.1) is 0 Å². The van der Waals surface area contributed by atoms with E-state index in [0.717, 1.165) is 23.8 Å². The summed E-state index contributed by atoms with van der Waals surface area (Å²) in [5.74, 6) is 0. The molecule has 0 bridgehead atoms. The second-order valence-corrected chi connectivity index (χ2v) is 5.33. The summed E-state index contributed by atoms with van der Waals surface area (Å²) in [4.78, 5) is 11.3. The van der Waals surface area contributed by atoms with Gasteiger partial charge in [-0.2, -0.15) is 0 Å². The van der Waals surface area contributed by atoms with Crippen LogP contribution >= 0.6 is 0 Å². The van der Waals surface area contributed by atoms with Gasteiger partial charge in [-0.3, -0.25) is 0 Å². The van der Waals surface area contributed by atoms with Gasteiger partial charge < -0.3 is 10.2 Å². The largest absolute Gasteiger partial charge is 0.420 e. The highest BCUT2D eigenvalue weighted by Crippen LogP contribution is 2.25. The zero-order chi connectivity index (χ0) is 14.4. The maximum Gasteiger partial charge on any atom is 0.336 e. The lowest BCUT2D eigenvalue weighted by atomic mass is 10.0. The zero-order valence-corrected chi connectivity index (χ0v) is 12.2. The molecule has 0 saturated carbocycles. The van der Waals surface area contributed by atoms with Crippen molar-refractivity contribution in [2.45, 2.75) is 51.9 Å². The lowest BCUT2D eigenvalue weighted by molar-refractivity contribution is 0.561. The van der Waals surface area contributed by atoms with E-state index in [1.54, 1.807) is 6.07 Å². The number of fused-ring (bicyclic) bond motifs is 1. The fraction of sp³-hybridized carbons (Fsp3) is 0.471. The van der Waals surface area contributed by atoms with Crippen LogP contribution in [-0.4, -0.2) is 0 Å². The average molecular weight is 273 g/mol. The Morgan fingerprint density at radius 3 is 2.50 bits per heavy atom. The quantitative estimate of drug-likeness (QED) is 0.465. The molecule has 0 aliphatic carbocycles. The molecule has 0 radical (unpaired) electrons. The number of anilines is 1. The number of nitrogen functional groups attached to an aromatic ring is 1. The third kappa shape index (κ3) is 3.62. The molecule has 2 N–H and O–H groups in total. The highest BCUT2D eigenvalue weighted by Gasteiger charge is 2.07. The van der Waals surface area contributed by atoms with Crippen LogP contribution in [0.4, 0.5) is 5.69 Å². The van der Waals surface area contributed by atoms with Gasteiger partial charge in [0, 0.05) is 11.5 Å². The van der Waals surface area contributed by atoms with Crippen molar-refractivity contribution in [3.8, 4) is 0 Å². The lowest BCUT2D eigenvalue weighted by Gasteiger charge is -2.07. The predicted molar refractivity (Wildman–Crippen MR) is 84.0 cm³/mol. The molecule has 0 atom stereocenters. The third-order valence-corrected chi connectivity index (χ3v) is 3.72. The second-order valence-electron chi connectivity index (χ2n) is 5.33. The van der Waals surface area contributed by atoms with E-state index >= 15 is 0 Å². The van der Waals surface area contributed by atoms with Crippen LogP contribution in [0.15, 0.2) is 33.5 Å². The molecule has 0 aliphatic heterocycles. The Kier molecular flexibility index (Phi) is 5.22. The summed E-state index contributed by atoms with van der Waals surface area (Å²) in [5.41, 5.74) is 8.00. The van der Waals surface area contributed by atoms with Gasteiger partial charge in [0.15, 0.2) is 5.58 Å². The van der Waals surface area contributed by atoms with Gasteiger partial charge in [-0.05, 0) is 24.5 Å². The van der Waals surface area contributed by atoms with Gasteiger partial charge in [0.2, 0.25) is 0 Å². The van der Waals surface area contributed by atoms with Gasteiger partial charge in [-0.1, -0.05) is 51.2 Å². The fourth-order valence-electron chi connectivity index (χ4n) is 2.51. The molecule has 0 aliphatic rings. The fourth-order valence-corrected chi connectivity index (χ4v) is 2.51. The zero-order valence-electron chi connectivity index (χ0n) is 12.2. The SMILES string of the molecule is CCCCCCCCc1ccc2ccc(=O)oc2c1N. The van der Waals surface area contributed by atoms with Crippen molar-refractivity contribution in [2.24, 2.45) is 0 Å². The maximum atomic E-state index is 11.3. The molecule has 2 aromatic rings. The Balaban J connectivity index is 2.00. The van der Waals surface area contributed by atoms with E-state index in [4.69, 9.17) is 10.2 Å². The minimum absolute atomic E-state index is 0.346. The number of unbranched alkanes of at least 4 members (excludes halogenated alkanes) is 5. The van der Waals surface area contributed by atoms with Crippen molar-refractivity contribution >= 4 is 16.7 Å². The molecule has 0 unspecified atom stereocenters. The molecule has 0 amide bonds.